The molecule has 0 radical (unpaired) electrons. The molecular formula is C22H34O7. The van der Waals surface area contributed by atoms with Crippen LogP contribution in [0.1, 0.15) is 78.6 Å². The van der Waals surface area contributed by atoms with E-state index in [0.717, 1.165) is 38.5 Å². The van der Waals surface area contributed by atoms with Crippen LogP contribution in [-0.2, 0) is 33.6 Å². The second-order valence-corrected chi connectivity index (χ2v) is 9.18. The summed E-state index contributed by atoms with van der Waals surface area (Å²) in [7, 11) is 0. The van der Waals surface area contributed by atoms with Crippen LogP contribution in [0.5, 0.6) is 0 Å². The number of fused-ring (bicyclic) bond motifs is 2. The molecule has 1 saturated carbocycles. The van der Waals surface area contributed by atoms with E-state index in [0.29, 0.717) is 25.4 Å². The van der Waals surface area contributed by atoms with E-state index in [1.165, 1.54) is 0 Å². The van der Waals surface area contributed by atoms with E-state index in [2.05, 4.69) is 13.8 Å². The molecule has 1 spiro atoms. The summed E-state index contributed by atoms with van der Waals surface area (Å²) in [5, 5.41) is 0. The van der Waals surface area contributed by atoms with Crippen molar-refractivity contribution in [2.24, 2.45) is 23.7 Å². The molecule has 0 aromatic carbocycles. The van der Waals surface area contributed by atoms with Crippen LogP contribution in [0.4, 0.5) is 0 Å². The summed E-state index contributed by atoms with van der Waals surface area (Å²) < 4.78 is 17.3. The molecule has 0 amide bonds. The van der Waals surface area contributed by atoms with E-state index in [-0.39, 0.29) is 36.1 Å². The van der Waals surface area contributed by atoms with Gasteiger partial charge in [0.05, 0.1) is 18.9 Å². The van der Waals surface area contributed by atoms with E-state index >= 15 is 0 Å². The van der Waals surface area contributed by atoms with Gasteiger partial charge in [-0.1, -0.05) is 26.7 Å². The largest absolute Gasteiger partial charge is 0.466 e. The third-order valence-corrected chi connectivity index (χ3v) is 7.54. The molecule has 5 rings (SSSR count). The Bertz CT molecular complexity index is 637. The monoisotopic (exact) mass is 410 g/mol. The van der Waals surface area contributed by atoms with Crippen molar-refractivity contribution in [2.75, 3.05) is 6.61 Å². The van der Waals surface area contributed by atoms with Gasteiger partial charge in [-0.25, -0.2) is 9.78 Å². The number of ether oxygens (including phenoxy) is 3. The Balaban J connectivity index is 1.61. The average Bonchev–Trinajstić information content (AvgIpc) is 2.95. The molecule has 5 fully saturated rings. The maximum Gasteiger partial charge on any atom is 0.311 e. The molecule has 29 heavy (non-hydrogen) atoms. The Morgan fingerprint density at radius 2 is 2.00 bits per heavy atom. The Morgan fingerprint density at radius 3 is 2.76 bits per heavy atom. The summed E-state index contributed by atoms with van der Waals surface area (Å²) in [5.74, 6) is -1.02. The molecule has 0 aromatic rings. The first kappa shape index (κ1) is 21.1. The fourth-order valence-electron chi connectivity index (χ4n) is 6.03. The maximum absolute atomic E-state index is 12.9. The van der Waals surface area contributed by atoms with Gasteiger partial charge in [0.25, 0.3) is 0 Å². The Kier molecular flexibility index (Phi) is 5.93. The van der Waals surface area contributed by atoms with Gasteiger partial charge in [-0.3, -0.25) is 9.59 Å². The first-order valence-corrected chi connectivity index (χ1v) is 11.4. The third kappa shape index (κ3) is 3.49. The maximum atomic E-state index is 12.9. The molecule has 0 unspecified atom stereocenters. The summed E-state index contributed by atoms with van der Waals surface area (Å²) in [4.78, 5) is 37.0. The molecule has 4 heterocycles. The van der Waals surface area contributed by atoms with Crippen molar-refractivity contribution < 1.29 is 33.6 Å². The van der Waals surface area contributed by atoms with Crippen LogP contribution in [0.2, 0.25) is 0 Å². The summed E-state index contributed by atoms with van der Waals surface area (Å²) in [5.41, 5.74) is -0.742. The molecule has 4 aliphatic heterocycles. The second kappa shape index (κ2) is 8.16. The smallest absolute Gasteiger partial charge is 0.311 e. The van der Waals surface area contributed by atoms with Gasteiger partial charge in [-0.05, 0) is 38.5 Å². The van der Waals surface area contributed by atoms with Crippen LogP contribution in [-0.4, -0.2) is 36.2 Å². The lowest BCUT2D eigenvalue weighted by atomic mass is 9.57. The molecule has 0 N–H and O–H groups in total. The lowest BCUT2D eigenvalue weighted by Crippen LogP contribution is -2.70. The van der Waals surface area contributed by atoms with Gasteiger partial charge in [0.15, 0.2) is 5.60 Å². The lowest BCUT2D eigenvalue weighted by molar-refractivity contribution is -0.564. The van der Waals surface area contributed by atoms with Crippen LogP contribution in [0.3, 0.4) is 0 Å². The fraction of sp³-hybridized carbons (Fsp3) is 0.909. The van der Waals surface area contributed by atoms with Crippen LogP contribution < -0.4 is 0 Å². The number of carbonyl (C=O) groups is 2. The standard InChI is InChI=1S/C22H34O7/c1-4-6-7-15-17-9-8-14(3)16-10-12-21(13-11-18(23)25-5-2)27-20(26-19(15)24)22(16,17)29-28-21/h14-17,20H,4-13H2,1-3H3/t14-,15-,16+,17+,20-,21+,22-/m1/s1. The number of unbranched alkanes of at least 4 members (excludes halogenated alkanes) is 1. The van der Waals surface area contributed by atoms with Crippen LogP contribution >= 0.6 is 0 Å². The van der Waals surface area contributed by atoms with E-state index in [9.17, 15) is 9.59 Å². The van der Waals surface area contributed by atoms with Crippen LogP contribution in [0.25, 0.3) is 0 Å². The molecule has 2 bridgehead atoms. The summed E-state index contributed by atoms with van der Waals surface area (Å²) in [6, 6.07) is 0. The highest BCUT2D eigenvalue weighted by atomic mass is 17.3. The molecule has 0 aromatic heterocycles. The van der Waals surface area contributed by atoms with E-state index in [4.69, 9.17) is 24.0 Å². The molecule has 4 saturated heterocycles. The van der Waals surface area contributed by atoms with Crippen molar-refractivity contribution in [2.45, 2.75) is 96.2 Å². The lowest BCUT2D eigenvalue weighted by Gasteiger charge is -2.58. The van der Waals surface area contributed by atoms with Gasteiger partial charge < -0.3 is 14.2 Å². The SMILES string of the molecule is CCCC[C@H]1C(=O)O[C@@H]2O[C@@]3(CCC(=O)OCC)CC[C@H]4[C@H](C)CC[C@@H]1[C@@]24OO3. The van der Waals surface area contributed by atoms with Crippen molar-refractivity contribution in [1.82, 2.24) is 0 Å². The topological polar surface area (TPSA) is 80.3 Å². The van der Waals surface area contributed by atoms with E-state index < -0.39 is 17.7 Å². The predicted molar refractivity (Wildman–Crippen MR) is 102 cm³/mol. The number of carbonyl (C=O) groups excluding carboxylic acids is 2. The number of esters is 2. The van der Waals surface area contributed by atoms with Crippen molar-refractivity contribution >= 4 is 11.9 Å². The minimum atomic E-state index is -1.07. The van der Waals surface area contributed by atoms with Crippen molar-refractivity contribution in [3.8, 4) is 0 Å². The molecule has 164 valence electrons. The van der Waals surface area contributed by atoms with Gasteiger partial charge in [0.1, 0.15) is 0 Å². The van der Waals surface area contributed by atoms with Crippen LogP contribution in [0, 0.1) is 23.7 Å². The van der Waals surface area contributed by atoms with Crippen molar-refractivity contribution in [1.29, 1.82) is 0 Å². The van der Waals surface area contributed by atoms with Gasteiger partial charge in [0, 0.05) is 24.7 Å². The first-order valence-electron chi connectivity index (χ1n) is 11.4. The number of hydrogen-bond donors (Lipinski definition) is 0. The Labute approximate surface area is 172 Å². The average molecular weight is 411 g/mol. The molecule has 7 heteroatoms. The van der Waals surface area contributed by atoms with Gasteiger partial charge in [0.2, 0.25) is 12.1 Å². The highest BCUT2D eigenvalue weighted by molar-refractivity contribution is 5.74. The zero-order valence-electron chi connectivity index (χ0n) is 17.8. The van der Waals surface area contributed by atoms with E-state index in [1.807, 2.05) is 0 Å². The third-order valence-electron chi connectivity index (χ3n) is 7.54. The zero-order valence-corrected chi connectivity index (χ0v) is 17.8. The molecule has 1 aliphatic carbocycles. The van der Waals surface area contributed by atoms with Gasteiger partial charge in [-0.15, -0.1) is 0 Å². The molecule has 7 nitrogen and oxygen atoms in total. The normalized spacial score (nSPS) is 43.3. The van der Waals surface area contributed by atoms with Gasteiger partial charge in [-0.2, -0.15) is 0 Å². The van der Waals surface area contributed by atoms with Crippen LogP contribution in [0.15, 0.2) is 0 Å². The number of hydrogen-bond acceptors (Lipinski definition) is 7. The fourth-order valence-corrected chi connectivity index (χ4v) is 6.03. The second-order valence-electron chi connectivity index (χ2n) is 9.18. The zero-order chi connectivity index (χ0) is 20.6. The predicted octanol–water partition coefficient (Wildman–Crippen LogP) is 3.89. The number of rotatable bonds is 7. The molecule has 7 atom stereocenters. The molecular weight excluding hydrogens is 376 g/mol. The van der Waals surface area contributed by atoms with Gasteiger partial charge >= 0.3 is 11.9 Å². The quantitative estimate of drug-likeness (QED) is 0.465. The highest BCUT2D eigenvalue weighted by Gasteiger charge is 2.71. The van der Waals surface area contributed by atoms with Crippen molar-refractivity contribution in [3.05, 3.63) is 0 Å². The Hall–Kier alpha value is -1.18. The first-order chi connectivity index (χ1) is 14.0. The summed E-state index contributed by atoms with van der Waals surface area (Å²) in [6.45, 7) is 6.50. The summed E-state index contributed by atoms with van der Waals surface area (Å²) in [6.07, 6.45) is 6.03. The Morgan fingerprint density at radius 1 is 1.17 bits per heavy atom. The minimum Gasteiger partial charge on any atom is -0.466 e. The van der Waals surface area contributed by atoms with E-state index in [1.54, 1.807) is 6.92 Å². The highest BCUT2D eigenvalue weighted by Crippen LogP contribution is 2.61. The summed E-state index contributed by atoms with van der Waals surface area (Å²) >= 11 is 0. The molecule has 5 aliphatic rings. The minimum absolute atomic E-state index is 0.0441. The van der Waals surface area contributed by atoms with Crippen molar-refractivity contribution in [3.63, 3.8) is 0 Å².